The van der Waals surface area contributed by atoms with Crippen molar-refractivity contribution < 1.29 is 19.7 Å². The van der Waals surface area contributed by atoms with Crippen LogP contribution in [0.15, 0.2) is 60.0 Å². The maximum absolute atomic E-state index is 12.0. The van der Waals surface area contributed by atoms with Crippen molar-refractivity contribution in [3.8, 4) is 0 Å². The summed E-state index contributed by atoms with van der Waals surface area (Å²) < 4.78 is 7.44. The maximum Gasteiger partial charge on any atom is 0.321 e. The highest BCUT2D eigenvalue weighted by Gasteiger charge is 2.67. The number of β-amino-alcohol motifs (C(OH)–C–C–N with tert-alkyl or cyclic N) is 1. The van der Waals surface area contributed by atoms with Crippen LogP contribution in [0.3, 0.4) is 0 Å². The molecular weight excluding hydrogens is 488 g/mol. The van der Waals surface area contributed by atoms with Crippen molar-refractivity contribution in [1.29, 1.82) is 0 Å². The molecule has 2 bridgehead atoms. The maximum atomic E-state index is 12.0. The number of nitrogens with zero attached hydrogens (tertiary/aromatic N) is 2. The Balaban J connectivity index is 1.12. The second-order valence-electron chi connectivity index (χ2n) is 13.5. The summed E-state index contributed by atoms with van der Waals surface area (Å²) in [6, 6.07) is 8.59. The van der Waals surface area contributed by atoms with Gasteiger partial charge >= 0.3 is 5.97 Å². The molecule has 2 saturated carbocycles. The van der Waals surface area contributed by atoms with Crippen LogP contribution in [-0.2, 0) is 9.53 Å². The molecule has 1 aromatic heterocycles. The summed E-state index contributed by atoms with van der Waals surface area (Å²) in [4.78, 5) is 18.4. The van der Waals surface area contributed by atoms with Crippen molar-refractivity contribution >= 4 is 16.7 Å². The van der Waals surface area contributed by atoms with Crippen molar-refractivity contribution in [2.24, 2.45) is 11.3 Å². The predicted molar refractivity (Wildman–Crippen MR) is 148 cm³/mol. The topological polar surface area (TPSA) is 82.9 Å². The molecule has 4 heterocycles. The smallest absolute Gasteiger partial charge is 0.321 e. The van der Waals surface area contributed by atoms with E-state index < -0.39 is 18.1 Å². The number of rotatable bonds is 3. The molecule has 1 aromatic carbocycles. The van der Waals surface area contributed by atoms with Gasteiger partial charge in [0.2, 0.25) is 0 Å². The third-order valence-corrected chi connectivity index (χ3v) is 11.8. The number of pyridine rings is 1. The zero-order chi connectivity index (χ0) is 26.6. The molecule has 6 heteroatoms. The number of allylic oxidation sites excluding steroid dienone is 1. The van der Waals surface area contributed by atoms with Crippen molar-refractivity contribution in [3.05, 3.63) is 65.5 Å². The molecule has 39 heavy (non-hydrogen) atoms. The van der Waals surface area contributed by atoms with Gasteiger partial charge in [-0.25, -0.2) is 0 Å². The van der Waals surface area contributed by atoms with Gasteiger partial charge in [0.05, 0.1) is 17.3 Å². The Hall–Kier alpha value is -2.54. The number of hydrogen-bond acceptors (Lipinski definition) is 5. The van der Waals surface area contributed by atoms with Gasteiger partial charge in [-0.05, 0) is 103 Å². The van der Waals surface area contributed by atoms with Crippen LogP contribution in [0, 0.1) is 11.3 Å². The summed E-state index contributed by atoms with van der Waals surface area (Å²) in [7, 11) is 0. The molecule has 204 valence electrons. The number of benzene rings is 1. The molecule has 3 aliphatic carbocycles. The number of carbonyl (C=O) groups is 1. The first-order valence-corrected chi connectivity index (χ1v) is 14.9. The molecule has 2 aromatic rings. The van der Waals surface area contributed by atoms with Crippen LogP contribution in [0.5, 0.6) is 0 Å². The van der Waals surface area contributed by atoms with E-state index in [1.165, 1.54) is 40.3 Å². The highest BCUT2D eigenvalue weighted by Crippen LogP contribution is 2.69. The van der Waals surface area contributed by atoms with Gasteiger partial charge in [0.25, 0.3) is 0 Å². The van der Waals surface area contributed by atoms with Gasteiger partial charge in [-0.15, -0.1) is 0 Å². The van der Waals surface area contributed by atoms with Crippen LogP contribution >= 0.6 is 0 Å². The fourth-order valence-electron chi connectivity index (χ4n) is 10.0. The molecule has 0 radical (unpaired) electrons. The van der Waals surface area contributed by atoms with Gasteiger partial charge in [0.15, 0.2) is 0 Å². The fourth-order valence-corrected chi connectivity index (χ4v) is 10.0. The van der Waals surface area contributed by atoms with Gasteiger partial charge in [-0.1, -0.05) is 31.2 Å². The summed E-state index contributed by atoms with van der Waals surface area (Å²) in [5.41, 5.74) is 3.88. The molecule has 0 amide bonds. The standard InChI is InChI=1S/C33H38N2O4/c1-31-10-8-24-15-23-4-5-25(35-19-26(36)16-28(35)30(37)38)17-32(23)11-12-33(24,39-32)29(31)7-6-27(31)21-3-2-20-9-13-34-18-22(20)14-21/h2-3,8-9,13-15,18,25-29,36H,4-7,10-12,16-17,19H2,1H3,(H,37,38)/t25?,26?,27?,28-,29+,31-,32+,33+/m0/s1. The van der Waals surface area contributed by atoms with Crippen LogP contribution in [0.1, 0.15) is 76.2 Å². The molecule has 2 N–H and O–H groups in total. The van der Waals surface area contributed by atoms with Crippen LogP contribution in [-0.4, -0.2) is 62.0 Å². The number of hydrogen-bond donors (Lipinski definition) is 2. The van der Waals surface area contributed by atoms with Crippen molar-refractivity contribution in [1.82, 2.24) is 9.88 Å². The lowest BCUT2D eigenvalue weighted by Gasteiger charge is -2.55. The Bertz CT molecular complexity index is 1430. The molecule has 6 nitrogen and oxygen atoms in total. The minimum absolute atomic E-state index is 0.137. The quantitative estimate of drug-likeness (QED) is 0.560. The van der Waals surface area contributed by atoms with E-state index in [9.17, 15) is 15.0 Å². The average molecular weight is 527 g/mol. The highest BCUT2D eigenvalue weighted by molar-refractivity contribution is 5.82. The average Bonchev–Trinajstić information content (AvgIpc) is 3.59. The van der Waals surface area contributed by atoms with E-state index in [2.05, 4.69) is 53.2 Å². The van der Waals surface area contributed by atoms with Gasteiger partial charge in [-0.3, -0.25) is 14.7 Å². The van der Waals surface area contributed by atoms with Gasteiger partial charge < -0.3 is 14.9 Å². The Kier molecular flexibility index (Phi) is 5.13. The van der Waals surface area contributed by atoms with Crippen LogP contribution in [0.4, 0.5) is 0 Å². The monoisotopic (exact) mass is 526 g/mol. The summed E-state index contributed by atoms with van der Waals surface area (Å²) in [5.74, 6) is 0.149. The molecule has 6 aliphatic rings. The summed E-state index contributed by atoms with van der Waals surface area (Å²) in [5, 5.41) is 22.6. The zero-order valence-corrected chi connectivity index (χ0v) is 22.7. The summed E-state index contributed by atoms with van der Waals surface area (Å²) >= 11 is 0. The fraction of sp³-hybridized carbons (Fsp3) is 0.576. The Morgan fingerprint density at radius 2 is 2.05 bits per heavy atom. The second kappa shape index (κ2) is 8.25. The molecular formula is C33H38N2O4. The number of carboxylic acids is 1. The van der Waals surface area contributed by atoms with Gasteiger partial charge in [-0.2, -0.15) is 0 Å². The first kappa shape index (κ1) is 24.3. The number of aliphatic hydroxyl groups excluding tert-OH is 1. The van der Waals surface area contributed by atoms with Gasteiger partial charge in [0, 0.05) is 36.8 Å². The number of ether oxygens (including phenoxy) is 1. The van der Waals surface area contributed by atoms with Crippen LogP contribution in [0.25, 0.3) is 10.8 Å². The molecule has 8 rings (SSSR count). The first-order valence-electron chi connectivity index (χ1n) is 14.9. The minimum Gasteiger partial charge on any atom is -0.480 e. The Labute approximate surface area is 229 Å². The highest BCUT2D eigenvalue weighted by atomic mass is 16.5. The lowest BCUT2D eigenvalue weighted by Crippen LogP contribution is -2.56. The van der Waals surface area contributed by atoms with E-state index in [4.69, 9.17) is 4.74 Å². The SMILES string of the molecule is C[C@@]12CC=C3C=C4CCC(N5CC(O)C[C@H]5C(=O)O)C[C@]45CC[C@]3(O5)[C@@H]1CCC2c1ccc2ccncc2c1. The number of carboxylic acid groups (broad SMARTS) is 1. The van der Waals surface area contributed by atoms with E-state index in [-0.39, 0.29) is 22.7 Å². The van der Waals surface area contributed by atoms with E-state index >= 15 is 0 Å². The lowest BCUT2D eigenvalue weighted by atomic mass is 9.58. The van der Waals surface area contributed by atoms with E-state index in [0.29, 0.717) is 24.8 Å². The van der Waals surface area contributed by atoms with Crippen molar-refractivity contribution in [2.75, 3.05) is 6.54 Å². The Morgan fingerprint density at radius 3 is 2.92 bits per heavy atom. The number of likely N-dealkylation sites (tertiary alicyclic amines) is 1. The largest absolute Gasteiger partial charge is 0.480 e. The van der Waals surface area contributed by atoms with Crippen LogP contribution < -0.4 is 0 Å². The molecule has 3 unspecified atom stereocenters. The number of aliphatic carboxylic acids is 1. The van der Waals surface area contributed by atoms with E-state index in [1.54, 1.807) is 0 Å². The van der Waals surface area contributed by atoms with E-state index in [1.807, 2.05) is 12.4 Å². The molecule has 2 spiro atoms. The first-order chi connectivity index (χ1) is 18.8. The van der Waals surface area contributed by atoms with E-state index in [0.717, 1.165) is 38.5 Å². The normalized spacial score (nSPS) is 43.0. The second-order valence-corrected chi connectivity index (χ2v) is 13.5. The molecule has 8 atom stereocenters. The minimum atomic E-state index is -0.812. The summed E-state index contributed by atoms with van der Waals surface area (Å²) in [6.07, 6.45) is 16.8. The summed E-state index contributed by atoms with van der Waals surface area (Å²) in [6.45, 7) is 2.96. The predicted octanol–water partition coefficient (Wildman–Crippen LogP) is 5.37. The number of aliphatic hydroxyl groups is 1. The lowest BCUT2D eigenvalue weighted by molar-refractivity contribution is -0.150. The van der Waals surface area contributed by atoms with Crippen molar-refractivity contribution in [3.63, 3.8) is 0 Å². The molecule has 4 fully saturated rings. The Morgan fingerprint density at radius 1 is 1.15 bits per heavy atom. The number of aromatic nitrogens is 1. The third kappa shape index (κ3) is 3.31. The van der Waals surface area contributed by atoms with Crippen molar-refractivity contribution in [2.45, 2.75) is 100 Å². The number of fused-ring (bicyclic) bond motifs is 2. The third-order valence-electron chi connectivity index (χ3n) is 11.8. The zero-order valence-electron chi connectivity index (χ0n) is 22.7. The van der Waals surface area contributed by atoms with Gasteiger partial charge in [0.1, 0.15) is 6.04 Å². The molecule has 3 aliphatic heterocycles. The van der Waals surface area contributed by atoms with Crippen LogP contribution in [0.2, 0.25) is 0 Å². The molecule has 2 saturated heterocycles.